The van der Waals surface area contributed by atoms with Crippen LogP contribution in [0.3, 0.4) is 0 Å². The van der Waals surface area contributed by atoms with Gasteiger partial charge in [-0.15, -0.1) is 11.6 Å². The van der Waals surface area contributed by atoms with Gasteiger partial charge in [-0.25, -0.2) is 8.42 Å². The highest BCUT2D eigenvalue weighted by Gasteiger charge is 2.50. The maximum atomic E-state index is 13.1. The standard InChI is InChI=1S/C14H11Cl2F3N2O3S2/c15-4-12(22)20-13-21(10-5-26(23,24)6-11(10)25-13)9-3-7(14(17,18)19)1-2-8(9)16/h1-3,10-11H,4-6H2/t10-,11+/m1/s1. The summed E-state index contributed by atoms with van der Waals surface area (Å²) in [4.78, 5) is 16.7. The second-order valence-electron chi connectivity index (χ2n) is 5.76. The Morgan fingerprint density at radius 1 is 1.35 bits per heavy atom. The molecule has 2 aliphatic rings. The van der Waals surface area contributed by atoms with E-state index in [1.807, 2.05) is 0 Å². The number of sulfone groups is 1. The zero-order valence-electron chi connectivity index (χ0n) is 12.8. The van der Waals surface area contributed by atoms with E-state index in [-0.39, 0.29) is 27.4 Å². The van der Waals surface area contributed by atoms with Gasteiger partial charge in [0.1, 0.15) is 5.88 Å². The third-order valence-corrected chi connectivity index (χ3v) is 7.69. The smallest absolute Gasteiger partial charge is 0.314 e. The lowest BCUT2D eigenvalue weighted by atomic mass is 10.1. The van der Waals surface area contributed by atoms with E-state index in [0.717, 1.165) is 30.0 Å². The number of nitrogens with zero attached hydrogens (tertiary/aromatic N) is 2. The number of carbonyl (C=O) groups excluding carboxylic acids is 1. The number of alkyl halides is 4. The predicted octanol–water partition coefficient (Wildman–Crippen LogP) is 3.20. The number of carbonyl (C=O) groups is 1. The van der Waals surface area contributed by atoms with Crippen molar-refractivity contribution in [2.45, 2.75) is 17.5 Å². The molecule has 0 spiro atoms. The maximum absolute atomic E-state index is 13.1. The van der Waals surface area contributed by atoms with Gasteiger partial charge in [-0.05, 0) is 18.2 Å². The molecular weight excluding hydrogens is 436 g/mol. The summed E-state index contributed by atoms with van der Waals surface area (Å²) >= 11 is 12.6. The van der Waals surface area contributed by atoms with Crippen molar-refractivity contribution in [1.29, 1.82) is 0 Å². The van der Waals surface area contributed by atoms with Crippen LogP contribution in [0.25, 0.3) is 0 Å². The number of hydrogen-bond donors (Lipinski definition) is 0. The first-order chi connectivity index (χ1) is 12.0. The number of amides is 1. The van der Waals surface area contributed by atoms with Gasteiger partial charge in [0, 0.05) is 5.25 Å². The Morgan fingerprint density at radius 2 is 2.04 bits per heavy atom. The monoisotopic (exact) mass is 446 g/mol. The number of thioether (sulfide) groups is 1. The SMILES string of the molecule is O=C(CCl)N=C1S[C@H]2CS(=O)(=O)C[C@H]2N1c1cc(C(F)(F)F)ccc1Cl. The first-order valence-electron chi connectivity index (χ1n) is 7.22. The molecule has 3 rings (SSSR count). The Bertz CT molecular complexity index is 890. The van der Waals surface area contributed by atoms with E-state index in [1.54, 1.807) is 0 Å². The maximum Gasteiger partial charge on any atom is 0.416 e. The van der Waals surface area contributed by atoms with Crippen LogP contribution in [0.15, 0.2) is 23.2 Å². The number of amidine groups is 1. The fourth-order valence-electron chi connectivity index (χ4n) is 2.86. The Labute approximate surface area is 161 Å². The van der Waals surface area contributed by atoms with E-state index >= 15 is 0 Å². The first kappa shape index (κ1) is 19.8. The van der Waals surface area contributed by atoms with E-state index in [9.17, 15) is 26.4 Å². The molecule has 5 nitrogen and oxygen atoms in total. The molecule has 12 heteroatoms. The molecule has 0 N–H and O–H groups in total. The second kappa shape index (κ2) is 6.88. The zero-order valence-corrected chi connectivity index (χ0v) is 16.0. The van der Waals surface area contributed by atoms with E-state index in [1.165, 1.54) is 4.90 Å². The number of anilines is 1. The summed E-state index contributed by atoms with van der Waals surface area (Å²) < 4.78 is 63.1. The summed E-state index contributed by atoms with van der Waals surface area (Å²) in [5, 5.41) is -0.358. The van der Waals surface area contributed by atoms with Crippen LogP contribution in [-0.2, 0) is 20.8 Å². The molecule has 142 valence electrons. The van der Waals surface area contributed by atoms with Crippen LogP contribution < -0.4 is 4.90 Å². The summed E-state index contributed by atoms with van der Waals surface area (Å²) in [6.07, 6.45) is -4.60. The molecule has 0 aromatic heterocycles. The molecule has 2 fully saturated rings. The lowest BCUT2D eigenvalue weighted by molar-refractivity contribution is -0.137. The van der Waals surface area contributed by atoms with E-state index in [0.29, 0.717) is 0 Å². The number of benzene rings is 1. The van der Waals surface area contributed by atoms with E-state index < -0.39 is 44.7 Å². The van der Waals surface area contributed by atoms with Gasteiger partial charge in [0.15, 0.2) is 15.0 Å². The molecule has 1 amide bonds. The van der Waals surface area contributed by atoms with Crippen molar-refractivity contribution in [3.8, 4) is 0 Å². The molecular formula is C14H11Cl2F3N2O3S2. The van der Waals surface area contributed by atoms with Gasteiger partial charge < -0.3 is 4.90 Å². The highest BCUT2D eigenvalue weighted by Crippen LogP contribution is 2.44. The lowest BCUT2D eigenvalue weighted by Crippen LogP contribution is -2.38. The summed E-state index contributed by atoms with van der Waals surface area (Å²) in [7, 11) is -3.35. The summed E-state index contributed by atoms with van der Waals surface area (Å²) in [5.74, 6) is -1.48. The zero-order chi connectivity index (χ0) is 19.3. The number of fused-ring (bicyclic) bond motifs is 1. The van der Waals surface area contributed by atoms with E-state index in [4.69, 9.17) is 23.2 Å². The van der Waals surface area contributed by atoms with Crippen molar-refractivity contribution in [2.24, 2.45) is 4.99 Å². The average molecular weight is 447 g/mol. The molecule has 1 aromatic rings. The van der Waals surface area contributed by atoms with Crippen molar-refractivity contribution < 1.29 is 26.4 Å². The molecule has 0 bridgehead atoms. The van der Waals surface area contributed by atoms with Crippen molar-refractivity contribution >= 4 is 61.6 Å². The molecule has 26 heavy (non-hydrogen) atoms. The van der Waals surface area contributed by atoms with Gasteiger partial charge in [-0.1, -0.05) is 23.4 Å². The molecule has 2 aliphatic heterocycles. The van der Waals surface area contributed by atoms with Crippen molar-refractivity contribution in [1.82, 2.24) is 0 Å². The molecule has 0 aliphatic carbocycles. The van der Waals surface area contributed by atoms with Crippen molar-refractivity contribution in [3.05, 3.63) is 28.8 Å². The van der Waals surface area contributed by atoms with Crippen LogP contribution in [0, 0.1) is 0 Å². The van der Waals surface area contributed by atoms with Crippen LogP contribution >= 0.6 is 35.0 Å². The molecule has 0 unspecified atom stereocenters. The minimum absolute atomic E-state index is 0.00503. The Morgan fingerprint density at radius 3 is 2.65 bits per heavy atom. The third kappa shape index (κ3) is 3.83. The largest absolute Gasteiger partial charge is 0.416 e. The minimum Gasteiger partial charge on any atom is -0.314 e. The Hall–Kier alpha value is -0.970. The van der Waals surface area contributed by atoms with Crippen LogP contribution in [0.2, 0.25) is 5.02 Å². The van der Waals surface area contributed by atoms with Crippen LogP contribution in [0.1, 0.15) is 5.56 Å². The molecule has 0 radical (unpaired) electrons. The number of hydrogen-bond acceptors (Lipinski definition) is 4. The number of rotatable bonds is 2. The average Bonchev–Trinajstić information content (AvgIpc) is 2.97. The Balaban J connectivity index is 2.11. The van der Waals surface area contributed by atoms with E-state index in [2.05, 4.69) is 4.99 Å². The molecule has 2 heterocycles. The summed E-state index contributed by atoms with van der Waals surface area (Å²) in [6.45, 7) is 0. The molecule has 2 saturated heterocycles. The summed E-state index contributed by atoms with van der Waals surface area (Å²) in [6, 6.07) is 2.09. The van der Waals surface area contributed by atoms with Crippen molar-refractivity contribution in [3.63, 3.8) is 0 Å². The summed E-state index contributed by atoms with van der Waals surface area (Å²) in [5.41, 5.74) is -0.978. The molecule has 0 saturated carbocycles. The molecule has 1 aromatic carbocycles. The van der Waals surface area contributed by atoms with Gasteiger partial charge in [0.05, 0.1) is 33.8 Å². The normalized spacial score (nSPS) is 26.3. The number of halogens is 5. The highest BCUT2D eigenvalue weighted by atomic mass is 35.5. The van der Waals surface area contributed by atoms with Crippen LogP contribution in [0.4, 0.5) is 18.9 Å². The van der Waals surface area contributed by atoms with Gasteiger partial charge in [-0.2, -0.15) is 18.2 Å². The third-order valence-electron chi connectivity index (χ3n) is 3.93. The first-order valence-corrected chi connectivity index (χ1v) is 10.8. The van der Waals surface area contributed by atoms with Gasteiger partial charge in [0.25, 0.3) is 5.91 Å². The lowest BCUT2D eigenvalue weighted by Gasteiger charge is -2.26. The van der Waals surface area contributed by atoms with Gasteiger partial charge in [0.2, 0.25) is 0 Å². The Kier molecular flexibility index (Phi) is 5.24. The molecule has 2 atom stereocenters. The van der Waals surface area contributed by atoms with Crippen LogP contribution in [0.5, 0.6) is 0 Å². The topological polar surface area (TPSA) is 66.8 Å². The quantitative estimate of drug-likeness (QED) is 0.652. The predicted molar refractivity (Wildman–Crippen MR) is 95.9 cm³/mol. The fourth-order valence-corrected chi connectivity index (χ4v) is 7.05. The highest BCUT2D eigenvalue weighted by molar-refractivity contribution is 8.16. The second-order valence-corrected chi connectivity index (χ2v) is 9.79. The van der Waals surface area contributed by atoms with Gasteiger partial charge in [-0.3, -0.25) is 4.79 Å². The van der Waals surface area contributed by atoms with Crippen LogP contribution in [-0.4, -0.2) is 48.2 Å². The van der Waals surface area contributed by atoms with Gasteiger partial charge >= 0.3 is 6.18 Å². The minimum atomic E-state index is -4.60. The van der Waals surface area contributed by atoms with Crippen molar-refractivity contribution in [2.75, 3.05) is 22.3 Å². The fraction of sp³-hybridized carbons (Fsp3) is 0.429. The number of aliphatic imine (C=N–C) groups is 1.